The number of H-pyrrole nitrogens is 1. The molecule has 1 amide bonds. The molecule has 4 rings (SSSR count). The van der Waals surface area contributed by atoms with E-state index in [-0.39, 0.29) is 5.91 Å². The van der Waals surface area contributed by atoms with Crippen LogP contribution in [0.25, 0.3) is 10.9 Å². The molecule has 0 aliphatic carbocycles. The van der Waals surface area contributed by atoms with E-state index in [9.17, 15) is 9.59 Å². The highest BCUT2D eigenvalue weighted by Gasteiger charge is 2.16. The van der Waals surface area contributed by atoms with Gasteiger partial charge in [0, 0.05) is 34.4 Å². The molecule has 0 bridgehead atoms. The van der Waals surface area contributed by atoms with Crippen LogP contribution in [0.1, 0.15) is 27.2 Å². The van der Waals surface area contributed by atoms with Crippen LogP contribution in [0.2, 0.25) is 0 Å². The summed E-state index contributed by atoms with van der Waals surface area (Å²) >= 11 is 0. The summed E-state index contributed by atoms with van der Waals surface area (Å²) in [5.41, 5.74) is 5.50. The van der Waals surface area contributed by atoms with E-state index in [0.29, 0.717) is 17.0 Å². The maximum absolute atomic E-state index is 12.7. The summed E-state index contributed by atoms with van der Waals surface area (Å²) in [6, 6.07) is 10.8. The van der Waals surface area contributed by atoms with Crippen LogP contribution in [0.15, 0.2) is 36.4 Å². The summed E-state index contributed by atoms with van der Waals surface area (Å²) in [6.45, 7) is 3.22. The monoisotopic (exact) mass is 379 g/mol. The van der Waals surface area contributed by atoms with Gasteiger partial charge in [0.15, 0.2) is 6.61 Å². The molecule has 0 fully saturated rings. The highest BCUT2D eigenvalue weighted by molar-refractivity contribution is 6.06. The predicted octanol–water partition coefficient (Wildman–Crippen LogP) is 2.84. The number of amides is 1. The van der Waals surface area contributed by atoms with Crippen molar-refractivity contribution in [3.63, 3.8) is 0 Å². The number of carboxylic acid groups (broad SMARTS) is 1. The molecule has 144 valence electrons. The molecule has 2 aromatic carbocycles. The quantitative estimate of drug-likeness (QED) is 0.546. The maximum atomic E-state index is 12.7. The van der Waals surface area contributed by atoms with E-state index in [1.807, 2.05) is 25.1 Å². The number of carbonyl (C=O) groups is 2. The van der Waals surface area contributed by atoms with Crippen LogP contribution in [-0.4, -0.2) is 35.1 Å². The van der Waals surface area contributed by atoms with Crippen LogP contribution in [0.3, 0.4) is 0 Å². The van der Waals surface area contributed by atoms with Crippen molar-refractivity contribution in [3.8, 4) is 5.75 Å². The zero-order valence-electron chi connectivity index (χ0n) is 15.5. The van der Waals surface area contributed by atoms with Crippen LogP contribution < -0.4 is 15.4 Å². The molecule has 1 aliphatic heterocycles. The Labute approximate surface area is 161 Å². The molecule has 2 heterocycles. The first-order valence-corrected chi connectivity index (χ1v) is 9.12. The molecule has 0 spiro atoms. The van der Waals surface area contributed by atoms with E-state index in [0.717, 1.165) is 30.6 Å². The van der Waals surface area contributed by atoms with Gasteiger partial charge in [-0.25, -0.2) is 4.79 Å². The van der Waals surface area contributed by atoms with Gasteiger partial charge < -0.3 is 25.5 Å². The largest absolute Gasteiger partial charge is 0.482 e. The number of carbonyl (C=O) groups excluding carboxylic acids is 1. The van der Waals surface area contributed by atoms with Crippen LogP contribution >= 0.6 is 0 Å². The van der Waals surface area contributed by atoms with Gasteiger partial charge in [-0.15, -0.1) is 0 Å². The molecular formula is C21H21N3O4. The molecule has 7 heteroatoms. The van der Waals surface area contributed by atoms with Gasteiger partial charge in [-0.3, -0.25) is 4.79 Å². The molecule has 0 saturated heterocycles. The number of hydrogen-bond donors (Lipinski definition) is 4. The van der Waals surface area contributed by atoms with E-state index in [1.54, 1.807) is 18.2 Å². The Bertz CT molecular complexity index is 1070. The lowest BCUT2D eigenvalue weighted by atomic mass is 10.0. The van der Waals surface area contributed by atoms with Crippen molar-refractivity contribution in [2.24, 2.45) is 0 Å². The van der Waals surface area contributed by atoms with Crippen LogP contribution in [0.5, 0.6) is 5.75 Å². The number of rotatable bonds is 5. The number of aliphatic carboxylic acids is 1. The number of carboxylic acids is 1. The van der Waals surface area contributed by atoms with Gasteiger partial charge in [0.05, 0.1) is 0 Å². The number of aryl methyl sites for hydroxylation is 1. The number of nitrogens with one attached hydrogen (secondary N) is 3. The second-order valence-electron chi connectivity index (χ2n) is 6.88. The summed E-state index contributed by atoms with van der Waals surface area (Å²) < 4.78 is 5.16. The number of fused-ring (bicyclic) bond motifs is 3. The van der Waals surface area contributed by atoms with Crippen molar-refractivity contribution in [3.05, 3.63) is 58.8 Å². The number of benzene rings is 2. The molecule has 0 unspecified atom stereocenters. The fourth-order valence-electron chi connectivity index (χ4n) is 3.52. The number of ether oxygens (including phenoxy) is 1. The lowest BCUT2D eigenvalue weighted by Crippen LogP contribution is -2.22. The van der Waals surface area contributed by atoms with Crippen molar-refractivity contribution < 1.29 is 19.4 Å². The molecule has 0 saturated carbocycles. The summed E-state index contributed by atoms with van der Waals surface area (Å²) in [5, 5.41) is 16.1. The zero-order chi connectivity index (χ0) is 19.7. The van der Waals surface area contributed by atoms with E-state index in [1.165, 1.54) is 16.6 Å². The van der Waals surface area contributed by atoms with Crippen molar-refractivity contribution in [2.75, 3.05) is 18.5 Å². The Hall–Kier alpha value is -3.32. The summed E-state index contributed by atoms with van der Waals surface area (Å²) in [7, 11) is 0. The lowest BCUT2D eigenvalue weighted by Gasteiger charge is -2.12. The highest BCUT2D eigenvalue weighted by Crippen LogP contribution is 2.27. The molecule has 1 aromatic heterocycles. The lowest BCUT2D eigenvalue weighted by molar-refractivity contribution is -0.139. The van der Waals surface area contributed by atoms with Gasteiger partial charge in [0.25, 0.3) is 5.91 Å². The topological polar surface area (TPSA) is 103 Å². The molecule has 7 nitrogen and oxygen atoms in total. The Morgan fingerprint density at radius 3 is 2.86 bits per heavy atom. The SMILES string of the molecule is Cc1cc(OCC(=O)O)ccc1NC(=O)c1ccc2c3c([nH]c2c1)CNCC3. The Balaban J connectivity index is 1.52. The number of aromatic nitrogens is 1. The second kappa shape index (κ2) is 7.36. The Morgan fingerprint density at radius 1 is 1.21 bits per heavy atom. The first-order chi connectivity index (χ1) is 13.5. The fourth-order valence-corrected chi connectivity index (χ4v) is 3.52. The van der Waals surface area contributed by atoms with Crippen molar-refractivity contribution in [1.82, 2.24) is 10.3 Å². The van der Waals surface area contributed by atoms with Crippen LogP contribution in [0, 0.1) is 6.92 Å². The van der Waals surface area contributed by atoms with E-state index in [4.69, 9.17) is 9.84 Å². The molecule has 0 radical (unpaired) electrons. The molecule has 1 aliphatic rings. The molecule has 4 N–H and O–H groups in total. The maximum Gasteiger partial charge on any atom is 0.341 e. The minimum Gasteiger partial charge on any atom is -0.482 e. The summed E-state index contributed by atoms with van der Waals surface area (Å²) in [5.74, 6) is -0.785. The van der Waals surface area contributed by atoms with Gasteiger partial charge in [0.2, 0.25) is 0 Å². The number of anilines is 1. The minimum absolute atomic E-state index is 0.199. The first-order valence-electron chi connectivity index (χ1n) is 9.12. The Morgan fingerprint density at radius 2 is 2.07 bits per heavy atom. The molecule has 3 aromatic rings. The first kappa shape index (κ1) is 18.1. The van der Waals surface area contributed by atoms with Gasteiger partial charge in [-0.2, -0.15) is 0 Å². The van der Waals surface area contributed by atoms with Gasteiger partial charge in [-0.1, -0.05) is 6.07 Å². The number of hydrogen-bond acceptors (Lipinski definition) is 4. The fraction of sp³-hybridized carbons (Fsp3) is 0.238. The summed E-state index contributed by atoms with van der Waals surface area (Å²) in [6.07, 6.45) is 0.983. The third-order valence-corrected chi connectivity index (χ3v) is 4.92. The minimum atomic E-state index is -1.03. The molecular weight excluding hydrogens is 358 g/mol. The van der Waals surface area contributed by atoms with Crippen LogP contribution in [-0.2, 0) is 17.8 Å². The number of aromatic amines is 1. The summed E-state index contributed by atoms with van der Waals surface area (Å²) in [4.78, 5) is 26.7. The smallest absolute Gasteiger partial charge is 0.341 e. The molecule has 0 atom stereocenters. The van der Waals surface area contributed by atoms with E-state index in [2.05, 4.69) is 15.6 Å². The van der Waals surface area contributed by atoms with Crippen LogP contribution in [0.4, 0.5) is 5.69 Å². The van der Waals surface area contributed by atoms with Gasteiger partial charge in [-0.05, 0) is 61.3 Å². The standard InChI is InChI=1S/C21H21N3O4/c1-12-8-14(28-11-20(25)26)3-5-17(12)24-21(27)13-2-4-15-16-6-7-22-10-19(16)23-18(15)9-13/h2-5,8-9,22-23H,6-7,10-11H2,1H3,(H,24,27)(H,25,26). The predicted molar refractivity (Wildman–Crippen MR) is 106 cm³/mol. The average molecular weight is 379 g/mol. The average Bonchev–Trinajstić information content (AvgIpc) is 3.06. The van der Waals surface area contributed by atoms with Crippen molar-refractivity contribution in [1.29, 1.82) is 0 Å². The second-order valence-corrected chi connectivity index (χ2v) is 6.88. The third kappa shape index (κ3) is 3.57. The normalized spacial score (nSPS) is 13.2. The van der Waals surface area contributed by atoms with Gasteiger partial charge in [0.1, 0.15) is 5.75 Å². The highest BCUT2D eigenvalue weighted by atomic mass is 16.5. The van der Waals surface area contributed by atoms with Gasteiger partial charge >= 0.3 is 5.97 Å². The Kier molecular flexibility index (Phi) is 4.75. The van der Waals surface area contributed by atoms with Crippen molar-refractivity contribution in [2.45, 2.75) is 19.9 Å². The third-order valence-electron chi connectivity index (χ3n) is 4.92. The van der Waals surface area contributed by atoms with E-state index < -0.39 is 12.6 Å². The zero-order valence-corrected chi connectivity index (χ0v) is 15.5. The van der Waals surface area contributed by atoms with E-state index >= 15 is 0 Å². The van der Waals surface area contributed by atoms with Crippen molar-refractivity contribution >= 4 is 28.5 Å². The molecule has 28 heavy (non-hydrogen) atoms.